The van der Waals surface area contributed by atoms with Crippen LogP contribution in [0, 0.1) is 0 Å². The maximum Gasteiger partial charge on any atom is 0.223 e. The summed E-state index contributed by atoms with van der Waals surface area (Å²) < 4.78 is 5.23. The van der Waals surface area contributed by atoms with Gasteiger partial charge in [0.25, 0.3) is 0 Å². The molecule has 0 aromatic carbocycles. The van der Waals surface area contributed by atoms with Crippen LogP contribution < -0.4 is 0 Å². The standard InChI is InChI=1S/C8H11Cl2N3O/c9-6-5-7(10)12-8(11-6)13-1-3-14-4-2-13/h6H,1-5H2. The Morgan fingerprint density at radius 2 is 2.07 bits per heavy atom. The highest BCUT2D eigenvalue weighted by Crippen LogP contribution is 2.15. The van der Waals surface area contributed by atoms with Crippen molar-refractivity contribution in [2.45, 2.75) is 11.9 Å². The highest BCUT2D eigenvalue weighted by molar-refractivity contribution is 6.66. The Bertz CT molecular complexity index is 274. The number of nitrogens with zero attached hydrogens (tertiary/aromatic N) is 3. The van der Waals surface area contributed by atoms with Crippen molar-refractivity contribution in [3.8, 4) is 0 Å². The minimum atomic E-state index is -0.280. The zero-order chi connectivity index (χ0) is 9.97. The topological polar surface area (TPSA) is 37.2 Å². The van der Waals surface area contributed by atoms with Gasteiger partial charge in [0.1, 0.15) is 10.7 Å². The molecule has 0 aliphatic carbocycles. The third kappa shape index (κ3) is 2.38. The van der Waals surface area contributed by atoms with Gasteiger partial charge >= 0.3 is 0 Å². The fourth-order valence-corrected chi connectivity index (χ4v) is 1.94. The molecule has 0 bridgehead atoms. The lowest BCUT2D eigenvalue weighted by atomic mass is 10.4. The summed E-state index contributed by atoms with van der Waals surface area (Å²) in [6, 6.07) is 0. The Labute approximate surface area is 92.6 Å². The number of alkyl halides is 1. The molecule has 0 aromatic heterocycles. The third-order valence-electron chi connectivity index (χ3n) is 2.11. The Morgan fingerprint density at radius 1 is 1.36 bits per heavy atom. The van der Waals surface area contributed by atoms with Crippen LogP contribution in [0.15, 0.2) is 9.98 Å². The first-order valence-corrected chi connectivity index (χ1v) is 5.35. The van der Waals surface area contributed by atoms with Gasteiger partial charge in [-0.05, 0) is 0 Å². The first-order valence-electron chi connectivity index (χ1n) is 4.53. The molecule has 0 N–H and O–H groups in total. The lowest BCUT2D eigenvalue weighted by Gasteiger charge is -2.29. The lowest BCUT2D eigenvalue weighted by molar-refractivity contribution is 0.0674. The van der Waals surface area contributed by atoms with Crippen LogP contribution in [0.4, 0.5) is 0 Å². The van der Waals surface area contributed by atoms with Gasteiger partial charge in [0, 0.05) is 19.5 Å². The molecule has 0 spiro atoms. The number of guanidine groups is 1. The van der Waals surface area contributed by atoms with Crippen LogP contribution in [0.5, 0.6) is 0 Å². The number of halogens is 2. The summed E-state index contributed by atoms with van der Waals surface area (Å²) in [5.74, 6) is 0.643. The van der Waals surface area contributed by atoms with Gasteiger partial charge in [-0.1, -0.05) is 23.2 Å². The van der Waals surface area contributed by atoms with Gasteiger partial charge < -0.3 is 9.64 Å². The molecule has 4 nitrogen and oxygen atoms in total. The SMILES string of the molecule is ClC1=NC(N2CCOCC2)=NC(Cl)C1. The van der Waals surface area contributed by atoms with Crippen LogP contribution in [0.25, 0.3) is 0 Å². The van der Waals surface area contributed by atoms with Crippen molar-refractivity contribution in [1.82, 2.24) is 4.90 Å². The van der Waals surface area contributed by atoms with E-state index in [1.54, 1.807) is 0 Å². The van der Waals surface area contributed by atoms with Crippen molar-refractivity contribution in [3.63, 3.8) is 0 Å². The molecular formula is C8H11Cl2N3O. The maximum atomic E-state index is 5.91. The molecule has 2 aliphatic heterocycles. The predicted molar refractivity (Wildman–Crippen MR) is 57.4 cm³/mol. The van der Waals surface area contributed by atoms with Crippen LogP contribution in [0.2, 0.25) is 0 Å². The summed E-state index contributed by atoms with van der Waals surface area (Å²) in [7, 11) is 0. The van der Waals surface area contributed by atoms with Crippen LogP contribution >= 0.6 is 23.2 Å². The second-order valence-corrected chi connectivity index (χ2v) is 4.10. The number of morpholine rings is 1. The van der Waals surface area contributed by atoms with Crippen LogP contribution in [-0.4, -0.2) is 47.8 Å². The molecule has 0 amide bonds. The summed E-state index contributed by atoms with van der Waals surface area (Å²) in [4.78, 5) is 10.5. The molecule has 78 valence electrons. The molecule has 14 heavy (non-hydrogen) atoms. The molecule has 0 radical (unpaired) electrons. The molecule has 0 saturated carbocycles. The van der Waals surface area contributed by atoms with Gasteiger partial charge in [0.15, 0.2) is 0 Å². The lowest BCUT2D eigenvalue weighted by Crippen LogP contribution is -2.41. The Morgan fingerprint density at radius 3 is 2.71 bits per heavy atom. The van der Waals surface area contributed by atoms with Gasteiger partial charge in [0.05, 0.1) is 13.2 Å². The zero-order valence-electron chi connectivity index (χ0n) is 7.62. The first-order chi connectivity index (χ1) is 6.75. The molecule has 6 heteroatoms. The average molecular weight is 236 g/mol. The fraction of sp³-hybridized carbons (Fsp3) is 0.750. The van der Waals surface area contributed by atoms with Crippen LogP contribution in [0.3, 0.4) is 0 Å². The normalized spacial score (nSPS) is 28.4. The highest BCUT2D eigenvalue weighted by Gasteiger charge is 2.20. The van der Waals surface area contributed by atoms with E-state index in [9.17, 15) is 0 Å². The van der Waals surface area contributed by atoms with Crippen molar-refractivity contribution in [3.05, 3.63) is 0 Å². The molecule has 1 atom stereocenters. The molecular weight excluding hydrogens is 225 g/mol. The number of rotatable bonds is 0. The second kappa shape index (κ2) is 4.47. The highest BCUT2D eigenvalue weighted by atomic mass is 35.5. The number of aliphatic imine (C=N–C) groups is 2. The Balaban J connectivity index is 2.08. The van der Waals surface area contributed by atoms with E-state index in [1.807, 2.05) is 4.90 Å². The minimum absolute atomic E-state index is 0.280. The quantitative estimate of drug-likeness (QED) is 0.469. The van der Waals surface area contributed by atoms with Crippen molar-refractivity contribution in [2.75, 3.05) is 26.3 Å². The molecule has 1 unspecified atom stereocenters. The maximum absolute atomic E-state index is 5.91. The van der Waals surface area contributed by atoms with Gasteiger partial charge in [0.2, 0.25) is 5.96 Å². The van der Waals surface area contributed by atoms with E-state index in [4.69, 9.17) is 27.9 Å². The summed E-state index contributed by atoms with van der Waals surface area (Å²) in [6.45, 7) is 3.02. The molecule has 0 aromatic rings. The first kappa shape index (κ1) is 10.2. The molecule has 1 saturated heterocycles. The fourth-order valence-electron chi connectivity index (χ4n) is 1.41. The summed E-state index contributed by atoms with van der Waals surface area (Å²) in [5, 5.41) is 0.529. The van der Waals surface area contributed by atoms with E-state index >= 15 is 0 Å². The van der Waals surface area contributed by atoms with Crippen LogP contribution in [0.1, 0.15) is 6.42 Å². The predicted octanol–water partition coefficient (Wildman–Crippen LogP) is 1.28. The van der Waals surface area contributed by atoms with Gasteiger partial charge in [-0.25, -0.2) is 9.98 Å². The van der Waals surface area contributed by atoms with Crippen molar-refractivity contribution < 1.29 is 4.74 Å². The number of hydrogen-bond acceptors (Lipinski definition) is 4. The molecule has 2 heterocycles. The molecule has 2 rings (SSSR count). The monoisotopic (exact) mass is 235 g/mol. The van der Waals surface area contributed by atoms with E-state index in [0.717, 1.165) is 13.1 Å². The Kier molecular flexibility index (Phi) is 3.26. The van der Waals surface area contributed by atoms with Crippen molar-refractivity contribution in [2.24, 2.45) is 9.98 Å². The number of ether oxygens (including phenoxy) is 1. The summed E-state index contributed by atoms with van der Waals surface area (Å²) >= 11 is 11.8. The number of hydrogen-bond donors (Lipinski definition) is 0. The van der Waals surface area contributed by atoms with Gasteiger partial charge in [-0.15, -0.1) is 0 Å². The summed E-state index contributed by atoms with van der Waals surface area (Å²) in [5.41, 5.74) is -0.280. The van der Waals surface area contributed by atoms with Crippen LogP contribution in [-0.2, 0) is 4.74 Å². The van der Waals surface area contributed by atoms with Crippen molar-refractivity contribution >= 4 is 34.3 Å². The van der Waals surface area contributed by atoms with E-state index in [-0.39, 0.29) is 5.50 Å². The summed E-state index contributed by atoms with van der Waals surface area (Å²) in [6.07, 6.45) is 0.525. The average Bonchev–Trinajstić information content (AvgIpc) is 2.18. The van der Waals surface area contributed by atoms with E-state index < -0.39 is 0 Å². The largest absolute Gasteiger partial charge is 0.378 e. The van der Waals surface area contributed by atoms with E-state index in [2.05, 4.69) is 9.98 Å². The minimum Gasteiger partial charge on any atom is -0.378 e. The van der Waals surface area contributed by atoms with Gasteiger partial charge in [-0.2, -0.15) is 0 Å². The molecule has 1 fully saturated rings. The smallest absolute Gasteiger partial charge is 0.223 e. The van der Waals surface area contributed by atoms with Crippen molar-refractivity contribution in [1.29, 1.82) is 0 Å². The second-order valence-electron chi connectivity index (χ2n) is 3.16. The Hall–Kier alpha value is -0.320. The molecule has 2 aliphatic rings. The van der Waals surface area contributed by atoms with Gasteiger partial charge in [-0.3, -0.25) is 0 Å². The van der Waals surface area contributed by atoms with E-state index in [0.29, 0.717) is 30.8 Å². The zero-order valence-corrected chi connectivity index (χ0v) is 9.13. The van der Waals surface area contributed by atoms with E-state index in [1.165, 1.54) is 0 Å². The third-order valence-corrected chi connectivity index (χ3v) is 2.60.